The molecule has 1 atom stereocenters. The fourth-order valence-corrected chi connectivity index (χ4v) is 2.51. The molecule has 140 valence electrons. The lowest BCUT2D eigenvalue weighted by Gasteiger charge is -2.17. The molecule has 0 saturated heterocycles. The van der Waals surface area contributed by atoms with Crippen molar-refractivity contribution >= 4 is 5.91 Å². The smallest absolute Gasteiger partial charge is 0.223 e. The Morgan fingerprint density at radius 1 is 0.962 bits per heavy atom. The van der Waals surface area contributed by atoms with E-state index in [9.17, 15) is 4.79 Å². The van der Waals surface area contributed by atoms with E-state index < -0.39 is 0 Å². The van der Waals surface area contributed by atoms with Crippen molar-refractivity contribution in [1.82, 2.24) is 5.32 Å². The molecule has 0 radical (unpaired) electrons. The summed E-state index contributed by atoms with van der Waals surface area (Å²) in [6.07, 6.45) is 0.300. The van der Waals surface area contributed by atoms with Gasteiger partial charge in [-0.25, -0.2) is 0 Å². The van der Waals surface area contributed by atoms with Gasteiger partial charge in [0.2, 0.25) is 5.91 Å². The largest absolute Gasteiger partial charge is 0.493 e. The third kappa shape index (κ3) is 5.99. The summed E-state index contributed by atoms with van der Waals surface area (Å²) in [5.41, 5.74) is 0.967. The van der Waals surface area contributed by atoms with Crippen LogP contribution in [-0.2, 0) is 4.79 Å². The summed E-state index contributed by atoms with van der Waals surface area (Å²) in [6.45, 7) is 7.29. The number of hydrogen-bond donors (Lipinski definition) is 1. The molecular weight excluding hydrogens is 330 g/mol. The number of rotatable bonds is 10. The molecule has 2 aromatic rings. The standard InChI is InChI=1S/C21H27NO4/c1-4-24-19-12-11-17(15-20(19)25-5-2)16(3)22-21(23)13-14-26-18-9-7-6-8-10-18/h6-12,15-16H,4-5,13-14H2,1-3H3,(H,22,23). The first-order valence-electron chi connectivity index (χ1n) is 9.00. The highest BCUT2D eigenvalue weighted by atomic mass is 16.5. The lowest BCUT2D eigenvalue weighted by molar-refractivity contribution is -0.122. The summed E-state index contributed by atoms with van der Waals surface area (Å²) < 4.78 is 16.8. The van der Waals surface area contributed by atoms with Crippen LogP contribution in [0.4, 0.5) is 0 Å². The average molecular weight is 357 g/mol. The molecule has 1 N–H and O–H groups in total. The zero-order valence-corrected chi connectivity index (χ0v) is 15.7. The van der Waals surface area contributed by atoms with E-state index in [1.165, 1.54) is 0 Å². The van der Waals surface area contributed by atoms with Crippen LogP contribution < -0.4 is 19.5 Å². The molecule has 2 rings (SSSR count). The van der Waals surface area contributed by atoms with Gasteiger partial charge in [0, 0.05) is 0 Å². The Labute approximate surface area is 155 Å². The van der Waals surface area contributed by atoms with Gasteiger partial charge in [0.15, 0.2) is 11.5 Å². The molecule has 0 heterocycles. The first kappa shape index (κ1) is 19.6. The SMILES string of the molecule is CCOc1ccc(C(C)NC(=O)CCOc2ccccc2)cc1OCC. The summed E-state index contributed by atoms with van der Waals surface area (Å²) in [6, 6.07) is 15.1. The van der Waals surface area contributed by atoms with E-state index in [2.05, 4.69) is 5.32 Å². The van der Waals surface area contributed by atoms with Gasteiger partial charge < -0.3 is 19.5 Å². The normalized spacial score (nSPS) is 11.5. The van der Waals surface area contributed by atoms with E-state index in [0.717, 1.165) is 11.3 Å². The highest BCUT2D eigenvalue weighted by Crippen LogP contribution is 2.30. The Kier molecular flexibility index (Phi) is 7.80. The van der Waals surface area contributed by atoms with Crippen molar-refractivity contribution in [3.05, 3.63) is 54.1 Å². The maximum absolute atomic E-state index is 12.2. The van der Waals surface area contributed by atoms with Crippen molar-refractivity contribution in [2.75, 3.05) is 19.8 Å². The van der Waals surface area contributed by atoms with Crippen LogP contribution >= 0.6 is 0 Å². The predicted octanol–water partition coefficient (Wildman–Crippen LogP) is 4.13. The zero-order chi connectivity index (χ0) is 18.8. The predicted molar refractivity (Wildman–Crippen MR) is 102 cm³/mol. The van der Waals surface area contributed by atoms with Crippen molar-refractivity contribution in [2.45, 2.75) is 33.2 Å². The van der Waals surface area contributed by atoms with Crippen molar-refractivity contribution in [2.24, 2.45) is 0 Å². The van der Waals surface area contributed by atoms with Gasteiger partial charge in [-0.2, -0.15) is 0 Å². The topological polar surface area (TPSA) is 56.8 Å². The molecule has 0 aliphatic carbocycles. The second kappa shape index (κ2) is 10.3. The van der Waals surface area contributed by atoms with Gasteiger partial charge in [-0.15, -0.1) is 0 Å². The van der Waals surface area contributed by atoms with Crippen LogP contribution in [0.1, 0.15) is 38.8 Å². The van der Waals surface area contributed by atoms with Crippen LogP contribution in [0.15, 0.2) is 48.5 Å². The van der Waals surface area contributed by atoms with Crippen LogP contribution in [0.5, 0.6) is 17.2 Å². The fraction of sp³-hybridized carbons (Fsp3) is 0.381. The minimum Gasteiger partial charge on any atom is -0.493 e. The lowest BCUT2D eigenvalue weighted by atomic mass is 10.1. The Hall–Kier alpha value is -2.69. The maximum Gasteiger partial charge on any atom is 0.223 e. The fourth-order valence-electron chi connectivity index (χ4n) is 2.51. The van der Waals surface area contributed by atoms with Gasteiger partial charge in [-0.3, -0.25) is 4.79 Å². The summed E-state index contributed by atoms with van der Waals surface area (Å²) in [5.74, 6) is 2.12. The highest BCUT2D eigenvalue weighted by Gasteiger charge is 2.13. The minimum atomic E-state index is -0.130. The second-order valence-electron chi connectivity index (χ2n) is 5.77. The van der Waals surface area contributed by atoms with Crippen LogP contribution in [0.3, 0.4) is 0 Å². The molecule has 1 unspecified atom stereocenters. The number of nitrogens with one attached hydrogen (secondary N) is 1. The van der Waals surface area contributed by atoms with Gasteiger partial charge in [0.05, 0.1) is 32.3 Å². The second-order valence-corrected chi connectivity index (χ2v) is 5.77. The van der Waals surface area contributed by atoms with E-state index in [-0.39, 0.29) is 11.9 Å². The first-order chi connectivity index (χ1) is 12.6. The van der Waals surface area contributed by atoms with Crippen molar-refractivity contribution < 1.29 is 19.0 Å². The summed E-state index contributed by atoms with van der Waals surface area (Å²) in [7, 11) is 0. The monoisotopic (exact) mass is 357 g/mol. The summed E-state index contributed by atoms with van der Waals surface area (Å²) >= 11 is 0. The molecule has 0 fully saturated rings. The van der Waals surface area contributed by atoms with Crippen LogP contribution in [-0.4, -0.2) is 25.7 Å². The Morgan fingerprint density at radius 3 is 2.35 bits per heavy atom. The Morgan fingerprint density at radius 2 is 1.65 bits per heavy atom. The van der Waals surface area contributed by atoms with Crippen molar-refractivity contribution in [3.63, 3.8) is 0 Å². The van der Waals surface area contributed by atoms with Crippen LogP contribution in [0.25, 0.3) is 0 Å². The minimum absolute atomic E-state index is 0.0553. The van der Waals surface area contributed by atoms with E-state index in [1.54, 1.807) is 0 Å². The molecule has 0 bridgehead atoms. The number of carbonyl (C=O) groups is 1. The van der Waals surface area contributed by atoms with E-state index in [1.807, 2.05) is 69.3 Å². The van der Waals surface area contributed by atoms with E-state index >= 15 is 0 Å². The Balaban J connectivity index is 1.88. The summed E-state index contributed by atoms with van der Waals surface area (Å²) in [4.78, 5) is 12.2. The molecule has 0 spiro atoms. The number of para-hydroxylation sites is 1. The number of carbonyl (C=O) groups excluding carboxylic acids is 1. The highest BCUT2D eigenvalue weighted by molar-refractivity contribution is 5.76. The lowest BCUT2D eigenvalue weighted by Crippen LogP contribution is -2.27. The van der Waals surface area contributed by atoms with E-state index in [0.29, 0.717) is 37.7 Å². The van der Waals surface area contributed by atoms with Gasteiger partial charge in [-0.05, 0) is 50.6 Å². The molecule has 5 heteroatoms. The third-order valence-corrected chi connectivity index (χ3v) is 3.79. The van der Waals surface area contributed by atoms with Crippen LogP contribution in [0, 0.1) is 0 Å². The first-order valence-corrected chi connectivity index (χ1v) is 9.00. The van der Waals surface area contributed by atoms with Gasteiger partial charge in [0.25, 0.3) is 0 Å². The molecule has 5 nitrogen and oxygen atoms in total. The Bertz CT molecular complexity index is 688. The molecule has 26 heavy (non-hydrogen) atoms. The van der Waals surface area contributed by atoms with Crippen molar-refractivity contribution in [1.29, 1.82) is 0 Å². The quantitative estimate of drug-likeness (QED) is 0.695. The molecule has 0 aliphatic heterocycles. The van der Waals surface area contributed by atoms with Gasteiger partial charge in [-0.1, -0.05) is 24.3 Å². The van der Waals surface area contributed by atoms with Crippen LogP contribution in [0.2, 0.25) is 0 Å². The number of benzene rings is 2. The zero-order valence-electron chi connectivity index (χ0n) is 15.7. The molecule has 1 amide bonds. The molecule has 0 aromatic heterocycles. The molecular formula is C21H27NO4. The number of hydrogen-bond acceptors (Lipinski definition) is 4. The average Bonchev–Trinajstić information content (AvgIpc) is 2.64. The maximum atomic E-state index is 12.2. The van der Waals surface area contributed by atoms with Gasteiger partial charge in [0.1, 0.15) is 5.75 Å². The van der Waals surface area contributed by atoms with Gasteiger partial charge >= 0.3 is 0 Å². The number of amides is 1. The summed E-state index contributed by atoms with van der Waals surface area (Å²) in [5, 5.41) is 2.99. The third-order valence-electron chi connectivity index (χ3n) is 3.79. The van der Waals surface area contributed by atoms with E-state index in [4.69, 9.17) is 14.2 Å². The van der Waals surface area contributed by atoms with Crippen molar-refractivity contribution in [3.8, 4) is 17.2 Å². The molecule has 2 aromatic carbocycles. The molecule has 0 saturated carbocycles. The number of ether oxygens (including phenoxy) is 3. The molecule has 0 aliphatic rings.